The average Bonchev–Trinajstić information content (AvgIpc) is 2.61. The minimum Gasteiger partial charge on any atom is -0.368 e. The molecular weight excluding hydrogens is 302 g/mol. The van der Waals surface area contributed by atoms with E-state index in [9.17, 15) is 0 Å². The number of hydrogen-bond acceptors (Lipinski definition) is 6. The van der Waals surface area contributed by atoms with Gasteiger partial charge in [0, 0.05) is 0 Å². The SMILES string of the molecule is NC1=NC(/C=C/c2ccccc2)N(OCc2ccccc2)C(N)=N1. The molecule has 2 aromatic rings. The Kier molecular flexibility index (Phi) is 4.88. The molecule has 24 heavy (non-hydrogen) atoms. The van der Waals surface area contributed by atoms with Crippen LogP contribution in [0.2, 0.25) is 0 Å². The van der Waals surface area contributed by atoms with E-state index in [-0.39, 0.29) is 11.9 Å². The molecule has 2 aromatic carbocycles. The fraction of sp³-hybridized carbons (Fsp3) is 0.111. The third-order valence-electron chi connectivity index (χ3n) is 3.43. The molecule has 0 spiro atoms. The lowest BCUT2D eigenvalue weighted by molar-refractivity contribution is -0.128. The molecule has 0 saturated carbocycles. The molecule has 0 aromatic heterocycles. The van der Waals surface area contributed by atoms with Gasteiger partial charge in [-0.3, -0.25) is 4.84 Å². The Morgan fingerprint density at radius 1 is 1.00 bits per heavy atom. The Labute approximate surface area is 140 Å². The zero-order valence-corrected chi connectivity index (χ0v) is 13.1. The van der Waals surface area contributed by atoms with Gasteiger partial charge in [-0.15, -0.1) is 0 Å². The zero-order chi connectivity index (χ0) is 16.8. The van der Waals surface area contributed by atoms with Crippen LogP contribution in [0.25, 0.3) is 6.08 Å². The lowest BCUT2D eigenvalue weighted by Crippen LogP contribution is -2.47. The Bertz CT molecular complexity index is 755. The third-order valence-corrected chi connectivity index (χ3v) is 3.43. The van der Waals surface area contributed by atoms with Gasteiger partial charge in [-0.1, -0.05) is 66.7 Å². The Morgan fingerprint density at radius 2 is 1.67 bits per heavy atom. The lowest BCUT2D eigenvalue weighted by atomic mass is 10.2. The first-order valence-electron chi connectivity index (χ1n) is 7.59. The van der Waals surface area contributed by atoms with Crippen LogP contribution in [-0.2, 0) is 11.4 Å². The minimum absolute atomic E-state index is 0.134. The second kappa shape index (κ2) is 7.43. The lowest BCUT2D eigenvalue weighted by Gasteiger charge is -2.29. The number of hydrogen-bond donors (Lipinski definition) is 2. The minimum atomic E-state index is -0.466. The zero-order valence-electron chi connectivity index (χ0n) is 13.1. The Morgan fingerprint density at radius 3 is 2.38 bits per heavy atom. The second-order valence-corrected chi connectivity index (χ2v) is 5.23. The fourth-order valence-electron chi connectivity index (χ4n) is 2.26. The van der Waals surface area contributed by atoms with Crippen molar-refractivity contribution in [3.63, 3.8) is 0 Å². The summed E-state index contributed by atoms with van der Waals surface area (Å²) in [5.41, 5.74) is 13.7. The molecule has 6 heteroatoms. The molecule has 0 bridgehead atoms. The van der Waals surface area contributed by atoms with Gasteiger partial charge in [0.15, 0.2) is 6.17 Å². The van der Waals surface area contributed by atoms with Crippen molar-refractivity contribution in [2.24, 2.45) is 21.5 Å². The van der Waals surface area contributed by atoms with E-state index < -0.39 is 6.17 Å². The summed E-state index contributed by atoms with van der Waals surface area (Å²) in [6.07, 6.45) is 3.35. The maximum Gasteiger partial charge on any atom is 0.226 e. The molecule has 0 radical (unpaired) electrons. The first kappa shape index (κ1) is 15.8. The van der Waals surface area contributed by atoms with Crippen molar-refractivity contribution in [3.05, 3.63) is 77.9 Å². The van der Waals surface area contributed by atoms with Gasteiger partial charge < -0.3 is 11.5 Å². The van der Waals surface area contributed by atoms with Crippen molar-refractivity contribution < 1.29 is 4.84 Å². The van der Waals surface area contributed by atoms with Crippen LogP contribution >= 0.6 is 0 Å². The third kappa shape index (κ3) is 3.99. The normalized spacial score (nSPS) is 17.7. The summed E-state index contributed by atoms with van der Waals surface area (Å²) in [5.74, 6) is 0.316. The first-order chi connectivity index (χ1) is 11.7. The number of rotatable bonds is 5. The number of nitrogens with two attached hydrogens (primary N) is 2. The van der Waals surface area contributed by atoms with E-state index in [4.69, 9.17) is 16.3 Å². The maximum atomic E-state index is 5.95. The van der Waals surface area contributed by atoms with Gasteiger partial charge in [-0.25, -0.2) is 4.99 Å². The molecule has 1 aliphatic rings. The van der Waals surface area contributed by atoms with E-state index in [1.807, 2.05) is 72.8 Å². The summed E-state index contributed by atoms with van der Waals surface area (Å²) in [6, 6.07) is 19.7. The van der Waals surface area contributed by atoms with Crippen LogP contribution in [0.3, 0.4) is 0 Å². The highest BCUT2D eigenvalue weighted by atomic mass is 16.7. The molecule has 0 aliphatic carbocycles. The molecule has 0 saturated heterocycles. The molecule has 1 heterocycles. The number of nitrogens with zero attached hydrogens (tertiary/aromatic N) is 3. The van der Waals surface area contributed by atoms with E-state index >= 15 is 0 Å². The van der Waals surface area contributed by atoms with Gasteiger partial charge in [0.1, 0.15) is 6.61 Å². The number of guanidine groups is 2. The van der Waals surface area contributed by atoms with E-state index in [0.29, 0.717) is 6.61 Å². The van der Waals surface area contributed by atoms with Crippen molar-refractivity contribution >= 4 is 18.0 Å². The first-order valence-corrected chi connectivity index (χ1v) is 7.59. The van der Waals surface area contributed by atoms with E-state index in [0.717, 1.165) is 11.1 Å². The molecule has 4 N–H and O–H groups in total. The predicted octanol–water partition coefficient (Wildman–Crippen LogP) is 2.10. The van der Waals surface area contributed by atoms with Crippen molar-refractivity contribution in [1.29, 1.82) is 0 Å². The quantitative estimate of drug-likeness (QED) is 0.882. The monoisotopic (exact) mass is 321 g/mol. The van der Waals surface area contributed by atoms with Crippen molar-refractivity contribution in [2.45, 2.75) is 12.8 Å². The van der Waals surface area contributed by atoms with Crippen LogP contribution in [0.1, 0.15) is 11.1 Å². The number of benzene rings is 2. The highest BCUT2D eigenvalue weighted by molar-refractivity contribution is 5.95. The van der Waals surface area contributed by atoms with Crippen LogP contribution in [0.5, 0.6) is 0 Å². The van der Waals surface area contributed by atoms with Gasteiger partial charge in [-0.2, -0.15) is 10.1 Å². The van der Waals surface area contributed by atoms with Crippen LogP contribution in [0.15, 0.2) is 76.7 Å². The highest BCUT2D eigenvalue weighted by Gasteiger charge is 2.23. The van der Waals surface area contributed by atoms with E-state index in [2.05, 4.69) is 9.98 Å². The smallest absolute Gasteiger partial charge is 0.226 e. The van der Waals surface area contributed by atoms with Crippen LogP contribution in [0.4, 0.5) is 0 Å². The number of hydroxylamine groups is 2. The molecule has 1 unspecified atom stereocenters. The highest BCUT2D eigenvalue weighted by Crippen LogP contribution is 2.13. The summed E-state index contributed by atoms with van der Waals surface area (Å²) in [4.78, 5) is 14.0. The molecule has 0 fully saturated rings. The van der Waals surface area contributed by atoms with Crippen molar-refractivity contribution in [3.8, 4) is 0 Å². The topological polar surface area (TPSA) is 89.2 Å². The summed E-state index contributed by atoms with van der Waals surface area (Å²) >= 11 is 0. The fourth-order valence-corrected chi connectivity index (χ4v) is 2.26. The Balaban J connectivity index is 1.74. The van der Waals surface area contributed by atoms with Gasteiger partial charge in [-0.05, 0) is 17.2 Å². The summed E-state index contributed by atoms with van der Waals surface area (Å²) in [6.45, 7) is 0.363. The molecule has 1 aliphatic heterocycles. The van der Waals surface area contributed by atoms with Gasteiger partial charge in [0.25, 0.3) is 0 Å². The van der Waals surface area contributed by atoms with Gasteiger partial charge in [0.2, 0.25) is 11.9 Å². The van der Waals surface area contributed by atoms with Crippen molar-refractivity contribution in [2.75, 3.05) is 0 Å². The summed E-state index contributed by atoms with van der Waals surface area (Å²) in [5, 5.41) is 1.46. The summed E-state index contributed by atoms with van der Waals surface area (Å²) in [7, 11) is 0. The van der Waals surface area contributed by atoms with Crippen LogP contribution < -0.4 is 11.5 Å². The second-order valence-electron chi connectivity index (χ2n) is 5.23. The predicted molar refractivity (Wildman–Crippen MR) is 95.6 cm³/mol. The number of aliphatic imine (C=N–C) groups is 2. The van der Waals surface area contributed by atoms with Crippen LogP contribution in [-0.4, -0.2) is 23.1 Å². The summed E-state index contributed by atoms with van der Waals surface area (Å²) < 4.78 is 0. The molecule has 3 rings (SSSR count). The largest absolute Gasteiger partial charge is 0.368 e. The maximum absolute atomic E-state index is 5.95. The van der Waals surface area contributed by atoms with Gasteiger partial charge in [0.05, 0.1) is 0 Å². The average molecular weight is 321 g/mol. The van der Waals surface area contributed by atoms with Crippen LogP contribution in [0, 0.1) is 0 Å². The van der Waals surface area contributed by atoms with Crippen molar-refractivity contribution in [1.82, 2.24) is 5.06 Å². The van der Waals surface area contributed by atoms with Gasteiger partial charge >= 0.3 is 0 Å². The molecule has 1 atom stereocenters. The van der Waals surface area contributed by atoms with E-state index in [1.54, 1.807) is 0 Å². The Hall–Kier alpha value is -3.12. The van der Waals surface area contributed by atoms with E-state index in [1.165, 1.54) is 5.06 Å². The molecule has 6 nitrogen and oxygen atoms in total. The molecule has 122 valence electrons. The molecule has 0 amide bonds. The molecular formula is C18H19N5O. The standard InChI is InChI=1S/C18H19N5O/c19-17-21-16(12-11-14-7-3-1-4-8-14)23(18(20)22-17)24-13-15-9-5-2-6-10-15/h1-12,16H,13H2,(H4,19,20,21,22)/b12-11+.